The Labute approximate surface area is 349 Å². The van der Waals surface area contributed by atoms with E-state index in [-0.39, 0.29) is 62.2 Å². The minimum absolute atomic E-state index is 0.00433. The summed E-state index contributed by atoms with van der Waals surface area (Å²) in [4.78, 5) is 113. The Morgan fingerprint density at radius 2 is 1.39 bits per heavy atom. The number of guanidine groups is 2. The van der Waals surface area contributed by atoms with Gasteiger partial charge in [-0.3, -0.25) is 43.5 Å². The fraction of sp³-hybridized carbons (Fsp3) is 0.543. The lowest BCUT2D eigenvalue weighted by atomic mass is 10.0. The van der Waals surface area contributed by atoms with Crippen LogP contribution in [-0.2, 0) is 44.8 Å². The van der Waals surface area contributed by atoms with E-state index in [1.165, 1.54) is 20.8 Å². The maximum absolute atomic E-state index is 13.9. The van der Waals surface area contributed by atoms with Crippen LogP contribution in [0, 0.1) is 0 Å². The van der Waals surface area contributed by atoms with E-state index in [0.717, 1.165) is 21.6 Å². The second-order valence-corrected chi connectivity index (χ2v) is 16.0. The third-order valence-corrected chi connectivity index (χ3v) is 10.9. The standard InChI is InChI=1S/C35H55N13O9S2/c1-18-27(50)46-24(15-21-9-5-4-6-10-21)31(54)48-26(33(56)57)17-59-58-16-25(32(55)45-23(30(53)43-18)12-8-14-41-35(38)39)47-28(51)19(2)42-29(52)22(44-20(3)49)11-7-13-40-34(36)37/h4-6,9-10,18-19,22-26H,7-8,11-17H2,1-3H3,(H,42,52)(H,43,53)(H,44,49)(H,45,55)(H,46,50)(H,47,51)(H,48,54)(H,56,57)(H4,36,37,40)(H4,38,39,41)/t18-,19-,22-,23-,24-,25+,26-/m0/s1. The molecule has 24 heteroatoms. The van der Waals surface area contributed by atoms with Crippen molar-refractivity contribution in [3.8, 4) is 0 Å². The SMILES string of the molecule is CC(=O)N[C@@H](CCCN=C(N)N)C(=O)N[C@@H](C)C(=O)N[C@@H]1CSSC[C@@H](C(=O)O)NC(=O)[C@H](Cc2ccccc2)NC(=O)[C@H](C)NC(=O)[C@H](CCCN=C(N)N)NC1=O. The molecule has 1 aliphatic heterocycles. The van der Waals surface area contributed by atoms with Crippen LogP contribution in [0.2, 0.25) is 0 Å². The summed E-state index contributed by atoms with van der Waals surface area (Å²) in [5.41, 5.74) is 22.2. The molecule has 0 saturated carbocycles. The summed E-state index contributed by atoms with van der Waals surface area (Å²) in [6.45, 7) is 4.22. The van der Waals surface area contributed by atoms with Gasteiger partial charge in [0, 0.05) is 37.9 Å². The second-order valence-electron chi connectivity index (χ2n) is 13.5. The summed E-state index contributed by atoms with van der Waals surface area (Å²) in [7, 11) is 1.98. The molecule has 1 aliphatic rings. The van der Waals surface area contributed by atoms with Crippen molar-refractivity contribution < 1.29 is 43.5 Å². The van der Waals surface area contributed by atoms with Gasteiger partial charge in [-0.15, -0.1) is 0 Å². The van der Waals surface area contributed by atoms with Gasteiger partial charge in [-0.1, -0.05) is 51.9 Å². The Morgan fingerprint density at radius 1 is 0.797 bits per heavy atom. The third-order valence-electron chi connectivity index (χ3n) is 8.44. The summed E-state index contributed by atoms with van der Waals surface area (Å²) in [5, 5.41) is 27.8. The Morgan fingerprint density at radius 3 is 2.00 bits per heavy atom. The van der Waals surface area contributed by atoms with Crippen molar-refractivity contribution in [3.63, 3.8) is 0 Å². The Hall–Kier alpha value is -5.78. The molecule has 16 N–H and O–H groups in total. The van der Waals surface area contributed by atoms with Crippen molar-refractivity contribution in [1.82, 2.24) is 37.2 Å². The predicted octanol–water partition coefficient (Wildman–Crippen LogP) is -3.73. The van der Waals surface area contributed by atoms with E-state index in [9.17, 15) is 43.5 Å². The van der Waals surface area contributed by atoms with Gasteiger partial charge in [0.15, 0.2) is 11.9 Å². The molecule has 0 aliphatic carbocycles. The van der Waals surface area contributed by atoms with Gasteiger partial charge in [0.1, 0.15) is 42.3 Å². The van der Waals surface area contributed by atoms with Crippen LogP contribution < -0.4 is 60.2 Å². The first-order valence-corrected chi connectivity index (χ1v) is 21.1. The molecular weight excluding hydrogens is 811 g/mol. The van der Waals surface area contributed by atoms with Crippen molar-refractivity contribution in [2.45, 2.75) is 95.2 Å². The Balaban J connectivity index is 2.39. The van der Waals surface area contributed by atoms with Crippen molar-refractivity contribution in [3.05, 3.63) is 35.9 Å². The molecule has 1 heterocycles. The normalized spacial score (nSPS) is 21.6. The molecule has 22 nitrogen and oxygen atoms in total. The van der Waals surface area contributed by atoms with E-state index >= 15 is 0 Å². The Bertz CT molecular complexity index is 1700. The number of nitrogens with one attached hydrogen (secondary N) is 7. The zero-order valence-electron chi connectivity index (χ0n) is 33.0. The van der Waals surface area contributed by atoms with Crippen LogP contribution in [0.5, 0.6) is 0 Å². The highest BCUT2D eigenvalue weighted by atomic mass is 33.1. The number of carboxylic acid groups (broad SMARTS) is 1. The number of hydrogen-bond acceptors (Lipinski definition) is 12. The molecule has 1 aromatic rings. The molecule has 0 bridgehead atoms. The van der Waals surface area contributed by atoms with Crippen LogP contribution in [0.15, 0.2) is 40.3 Å². The van der Waals surface area contributed by atoms with E-state index in [4.69, 9.17) is 22.9 Å². The van der Waals surface area contributed by atoms with Crippen molar-refractivity contribution >= 4 is 80.8 Å². The summed E-state index contributed by atoms with van der Waals surface area (Å²) in [6.07, 6.45) is 0.653. The van der Waals surface area contributed by atoms with Crippen LogP contribution in [0.4, 0.5) is 0 Å². The van der Waals surface area contributed by atoms with Gasteiger partial charge in [0.25, 0.3) is 0 Å². The first-order chi connectivity index (χ1) is 27.9. The molecule has 7 atom stereocenters. The molecule has 1 saturated heterocycles. The fourth-order valence-electron chi connectivity index (χ4n) is 5.34. The minimum Gasteiger partial charge on any atom is -0.480 e. The monoisotopic (exact) mass is 865 g/mol. The molecule has 0 aromatic heterocycles. The van der Waals surface area contributed by atoms with E-state index in [2.05, 4.69) is 47.2 Å². The average Bonchev–Trinajstić information content (AvgIpc) is 3.16. The van der Waals surface area contributed by atoms with Crippen LogP contribution in [0.1, 0.15) is 52.0 Å². The number of nitrogens with zero attached hydrogens (tertiary/aromatic N) is 2. The van der Waals surface area contributed by atoms with Crippen LogP contribution >= 0.6 is 21.6 Å². The summed E-state index contributed by atoms with van der Waals surface area (Å²) in [5.74, 6) is -7.21. The number of amides is 7. The number of carboxylic acids is 1. The minimum atomic E-state index is -1.43. The van der Waals surface area contributed by atoms with Crippen molar-refractivity contribution in [1.29, 1.82) is 0 Å². The largest absolute Gasteiger partial charge is 0.480 e. The van der Waals surface area contributed by atoms with E-state index in [0.29, 0.717) is 12.0 Å². The third kappa shape index (κ3) is 19.0. The van der Waals surface area contributed by atoms with Crippen LogP contribution in [0.25, 0.3) is 0 Å². The highest BCUT2D eigenvalue weighted by Gasteiger charge is 2.33. The van der Waals surface area contributed by atoms with Crippen molar-refractivity contribution in [2.24, 2.45) is 32.9 Å². The summed E-state index contributed by atoms with van der Waals surface area (Å²) >= 11 is 0. The first-order valence-electron chi connectivity index (χ1n) is 18.6. The second kappa shape index (κ2) is 25.6. The lowest BCUT2D eigenvalue weighted by Crippen LogP contribution is -2.59. The summed E-state index contributed by atoms with van der Waals surface area (Å²) in [6, 6.07) is -0.0914. The molecule has 1 aromatic carbocycles. The van der Waals surface area contributed by atoms with Crippen LogP contribution in [0.3, 0.4) is 0 Å². The number of rotatable bonds is 16. The maximum Gasteiger partial charge on any atom is 0.327 e. The van der Waals surface area contributed by atoms with E-state index in [1.807, 2.05) is 0 Å². The first kappa shape index (κ1) is 49.4. The number of aliphatic imine (C=N–C) groups is 2. The van der Waals surface area contributed by atoms with Gasteiger partial charge in [-0.05, 0) is 45.1 Å². The molecule has 0 radical (unpaired) electrons. The lowest BCUT2D eigenvalue weighted by Gasteiger charge is -2.26. The van der Waals surface area contributed by atoms with Crippen molar-refractivity contribution in [2.75, 3.05) is 24.6 Å². The molecular formula is C35H55N13O9S2. The smallest absolute Gasteiger partial charge is 0.327 e. The molecule has 2 rings (SSSR count). The van der Waals surface area contributed by atoms with E-state index in [1.54, 1.807) is 30.3 Å². The maximum atomic E-state index is 13.9. The molecule has 7 amide bonds. The fourth-order valence-corrected chi connectivity index (χ4v) is 7.66. The van der Waals surface area contributed by atoms with Gasteiger partial charge in [0.05, 0.1) is 0 Å². The number of benzene rings is 1. The summed E-state index contributed by atoms with van der Waals surface area (Å²) < 4.78 is 0. The topological polar surface area (TPSA) is 370 Å². The number of nitrogens with two attached hydrogens (primary N) is 4. The van der Waals surface area contributed by atoms with E-state index < -0.39 is 89.6 Å². The predicted molar refractivity (Wildman–Crippen MR) is 223 cm³/mol. The average molecular weight is 866 g/mol. The molecule has 59 heavy (non-hydrogen) atoms. The number of aliphatic carboxylic acids is 1. The quantitative estimate of drug-likeness (QED) is 0.0329. The molecule has 0 spiro atoms. The molecule has 1 fully saturated rings. The molecule has 0 unspecified atom stereocenters. The lowest BCUT2D eigenvalue weighted by molar-refractivity contribution is -0.141. The number of carbonyl (C=O) groups excluding carboxylic acids is 7. The number of hydrogen-bond donors (Lipinski definition) is 12. The Kier molecular flexibility index (Phi) is 21.4. The highest BCUT2D eigenvalue weighted by Crippen LogP contribution is 2.23. The van der Waals surface area contributed by atoms with Gasteiger partial charge >= 0.3 is 5.97 Å². The van der Waals surface area contributed by atoms with Gasteiger partial charge in [-0.25, -0.2) is 4.79 Å². The highest BCUT2D eigenvalue weighted by molar-refractivity contribution is 8.76. The zero-order valence-corrected chi connectivity index (χ0v) is 34.7. The van der Waals surface area contributed by atoms with Crippen LogP contribution in [-0.4, -0.2) is 131 Å². The van der Waals surface area contributed by atoms with Gasteiger partial charge < -0.3 is 65.3 Å². The zero-order chi connectivity index (χ0) is 44.1. The number of carbonyl (C=O) groups is 8. The van der Waals surface area contributed by atoms with Gasteiger partial charge in [0.2, 0.25) is 41.4 Å². The van der Waals surface area contributed by atoms with Gasteiger partial charge in [-0.2, -0.15) is 0 Å². The molecule has 326 valence electrons.